The molecule has 8 heteroatoms. The van der Waals surface area contributed by atoms with Gasteiger partial charge in [0.15, 0.2) is 0 Å². The normalized spacial score (nSPS) is 13.6. The van der Waals surface area contributed by atoms with Crippen LogP contribution in [-0.2, 0) is 4.79 Å². The molecule has 4 rings (SSSR count). The fourth-order valence-electron chi connectivity index (χ4n) is 2.76. The molecule has 140 valence electrons. The van der Waals surface area contributed by atoms with Gasteiger partial charge in [0.05, 0.1) is 16.8 Å². The third-order valence-electron chi connectivity index (χ3n) is 4.44. The molecule has 0 radical (unpaired) electrons. The molecule has 1 N–H and O–H groups in total. The van der Waals surface area contributed by atoms with Crippen LogP contribution in [0.1, 0.15) is 18.4 Å². The van der Waals surface area contributed by atoms with E-state index in [9.17, 15) is 14.9 Å². The van der Waals surface area contributed by atoms with E-state index >= 15 is 0 Å². The average molecular weight is 375 g/mol. The van der Waals surface area contributed by atoms with Gasteiger partial charge in [-0.2, -0.15) is 10.2 Å². The molecule has 0 saturated heterocycles. The molecule has 1 aliphatic rings. The van der Waals surface area contributed by atoms with Gasteiger partial charge in [-0.15, -0.1) is 0 Å². The number of para-hydroxylation sites is 1. The SMILES string of the molecule is O=C(NN=Cc1cn(-c2ccccc2)nc1-c1ccc([N+](=O)[O-])cc1)C1CC1. The second-order valence-electron chi connectivity index (χ2n) is 6.53. The summed E-state index contributed by atoms with van der Waals surface area (Å²) in [6.45, 7) is 0. The first kappa shape index (κ1) is 17.6. The highest BCUT2D eigenvalue weighted by atomic mass is 16.6. The van der Waals surface area contributed by atoms with Crippen molar-refractivity contribution in [3.05, 3.63) is 76.5 Å². The second-order valence-corrected chi connectivity index (χ2v) is 6.53. The first-order valence-corrected chi connectivity index (χ1v) is 8.84. The van der Waals surface area contributed by atoms with Crippen molar-refractivity contribution in [3.8, 4) is 16.9 Å². The number of rotatable bonds is 6. The van der Waals surface area contributed by atoms with Crippen molar-refractivity contribution in [3.63, 3.8) is 0 Å². The molecule has 3 aromatic rings. The highest BCUT2D eigenvalue weighted by Crippen LogP contribution is 2.29. The number of nitrogens with zero attached hydrogens (tertiary/aromatic N) is 4. The van der Waals surface area contributed by atoms with E-state index in [0.29, 0.717) is 11.3 Å². The lowest BCUT2D eigenvalue weighted by molar-refractivity contribution is -0.384. The van der Waals surface area contributed by atoms with Crippen molar-refractivity contribution in [1.82, 2.24) is 15.2 Å². The number of benzene rings is 2. The fourth-order valence-corrected chi connectivity index (χ4v) is 2.76. The fraction of sp³-hybridized carbons (Fsp3) is 0.150. The van der Waals surface area contributed by atoms with Crippen molar-refractivity contribution in [1.29, 1.82) is 0 Å². The van der Waals surface area contributed by atoms with Crippen LogP contribution < -0.4 is 5.43 Å². The number of aromatic nitrogens is 2. The summed E-state index contributed by atoms with van der Waals surface area (Å²) >= 11 is 0. The van der Waals surface area contributed by atoms with Crippen molar-refractivity contribution < 1.29 is 9.72 Å². The maximum Gasteiger partial charge on any atom is 0.269 e. The van der Waals surface area contributed by atoms with Crippen molar-refractivity contribution in [2.45, 2.75) is 12.8 Å². The maximum absolute atomic E-state index is 11.8. The molecular formula is C20H17N5O3. The number of amides is 1. The van der Waals surface area contributed by atoms with Gasteiger partial charge in [0.1, 0.15) is 5.69 Å². The van der Waals surface area contributed by atoms with Crippen molar-refractivity contribution >= 4 is 17.8 Å². The van der Waals surface area contributed by atoms with Crippen LogP contribution in [0, 0.1) is 16.0 Å². The van der Waals surface area contributed by atoms with Gasteiger partial charge in [-0.05, 0) is 37.1 Å². The Labute approximate surface area is 160 Å². The molecule has 0 unspecified atom stereocenters. The zero-order valence-electron chi connectivity index (χ0n) is 14.9. The van der Waals surface area contributed by atoms with Gasteiger partial charge in [0, 0.05) is 35.4 Å². The quantitative estimate of drug-likeness (QED) is 0.405. The van der Waals surface area contributed by atoms with E-state index in [-0.39, 0.29) is 17.5 Å². The topological polar surface area (TPSA) is 102 Å². The van der Waals surface area contributed by atoms with Crippen LogP contribution in [-0.4, -0.2) is 26.8 Å². The van der Waals surface area contributed by atoms with Gasteiger partial charge >= 0.3 is 0 Å². The number of carbonyl (C=O) groups excluding carboxylic acids is 1. The van der Waals surface area contributed by atoms with Crippen LogP contribution in [0.3, 0.4) is 0 Å². The molecule has 0 aliphatic heterocycles. The van der Waals surface area contributed by atoms with Gasteiger partial charge in [-0.3, -0.25) is 14.9 Å². The molecule has 0 spiro atoms. The minimum Gasteiger partial charge on any atom is -0.273 e. The molecule has 8 nitrogen and oxygen atoms in total. The predicted octanol–water partition coefficient (Wildman–Crippen LogP) is 3.31. The third-order valence-corrected chi connectivity index (χ3v) is 4.44. The molecule has 1 saturated carbocycles. The predicted molar refractivity (Wildman–Crippen MR) is 104 cm³/mol. The molecule has 0 bridgehead atoms. The van der Waals surface area contributed by atoms with E-state index in [0.717, 1.165) is 24.1 Å². The van der Waals surface area contributed by atoms with Crippen LogP contribution in [0.2, 0.25) is 0 Å². The number of hydrogen-bond donors (Lipinski definition) is 1. The summed E-state index contributed by atoms with van der Waals surface area (Å²) < 4.78 is 1.71. The van der Waals surface area contributed by atoms with Crippen LogP contribution in [0.4, 0.5) is 5.69 Å². The Morgan fingerprint density at radius 3 is 2.54 bits per heavy atom. The lowest BCUT2D eigenvalue weighted by atomic mass is 10.1. The summed E-state index contributed by atoms with van der Waals surface area (Å²) in [4.78, 5) is 22.2. The summed E-state index contributed by atoms with van der Waals surface area (Å²) in [5.74, 6) is -0.0121. The zero-order valence-corrected chi connectivity index (χ0v) is 14.9. The van der Waals surface area contributed by atoms with E-state index in [2.05, 4.69) is 15.6 Å². The lowest BCUT2D eigenvalue weighted by Gasteiger charge is -2.00. The van der Waals surface area contributed by atoms with Gasteiger partial charge in [0.25, 0.3) is 5.69 Å². The summed E-state index contributed by atoms with van der Waals surface area (Å²) in [6.07, 6.45) is 5.16. The molecule has 0 atom stereocenters. The number of nitro benzene ring substituents is 1. The molecule has 1 amide bonds. The van der Waals surface area contributed by atoms with Crippen LogP contribution >= 0.6 is 0 Å². The van der Waals surface area contributed by atoms with Crippen LogP contribution in [0.25, 0.3) is 16.9 Å². The van der Waals surface area contributed by atoms with Crippen LogP contribution in [0.15, 0.2) is 65.9 Å². The number of nitrogens with one attached hydrogen (secondary N) is 1. The standard InChI is InChI=1S/C20H17N5O3/c26-20(15-6-7-15)22-21-12-16-13-24(17-4-2-1-3-5-17)23-19(16)14-8-10-18(11-9-14)25(27)28/h1-5,8-13,15H,6-7H2,(H,22,26). The Balaban J connectivity index is 1.67. The Morgan fingerprint density at radius 1 is 1.18 bits per heavy atom. The summed E-state index contributed by atoms with van der Waals surface area (Å²) in [5, 5.41) is 19.6. The third kappa shape index (κ3) is 3.80. The highest BCUT2D eigenvalue weighted by molar-refractivity contribution is 5.90. The van der Waals surface area contributed by atoms with E-state index in [1.165, 1.54) is 12.1 Å². The number of non-ortho nitro benzene ring substituents is 1. The van der Waals surface area contributed by atoms with Crippen LogP contribution in [0.5, 0.6) is 0 Å². The summed E-state index contributed by atoms with van der Waals surface area (Å²) in [6, 6.07) is 15.7. The monoisotopic (exact) mass is 375 g/mol. The van der Waals surface area contributed by atoms with E-state index < -0.39 is 4.92 Å². The minimum absolute atomic E-state index is 0.0122. The van der Waals surface area contributed by atoms with Gasteiger partial charge in [-0.25, -0.2) is 10.1 Å². The van der Waals surface area contributed by atoms with E-state index in [4.69, 9.17) is 0 Å². The Kier molecular flexibility index (Phi) is 4.67. The Bertz CT molecular complexity index is 1040. The first-order chi connectivity index (χ1) is 13.6. The molecule has 1 heterocycles. The average Bonchev–Trinajstić information content (AvgIpc) is 3.49. The smallest absolute Gasteiger partial charge is 0.269 e. The van der Waals surface area contributed by atoms with Gasteiger partial charge < -0.3 is 0 Å². The molecular weight excluding hydrogens is 358 g/mol. The molecule has 1 aromatic heterocycles. The van der Waals surface area contributed by atoms with Gasteiger partial charge in [0.2, 0.25) is 5.91 Å². The molecule has 1 fully saturated rings. The van der Waals surface area contributed by atoms with Crippen molar-refractivity contribution in [2.24, 2.45) is 11.0 Å². The highest BCUT2D eigenvalue weighted by Gasteiger charge is 2.29. The maximum atomic E-state index is 11.8. The second kappa shape index (κ2) is 7.43. The first-order valence-electron chi connectivity index (χ1n) is 8.84. The lowest BCUT2D eigenvalue weighted by Crippen LogP contribution is -2.18. The Hall–Kier alpha value is -3.81. The zero-order chi connectivity index (χ0) is 19.5. The molecule has 2 aromatic carbocycles. The number of hydrazone groups is 1. The number of nitro groups is 1. The van der Waals surface area contributed by atoms with Gasteiger partial charge in [-0.1, -0.05) is 18.2 Å². The van der Waals surface area contributed by atoms with E-state index in [1.54, 1.807) is 29.2 Å². The number of hydrogen-bond acceptors (Lipinski definition) is 5. The molecule has 1 aliphatic carbocycles. The Morgan fingerprint density at radius 2 is 1.89 bits per heavy atom. The van der Waals surface area contributed by atoms with E-state index in [1.807, 2.05) is 30.3 Å². The van der Waals surface area contributed by atoms with Crippen molar-refractivity contribution in [2.75, 3.05) is 0 Å². The summed E-state index contributed by atoms with van der Waals surface area (Å²) in [7, 11) is 0. The largest absolute Gasteiger partial charge is 0.273 e. The number of carbonyl (C=O) groups is 1. The summed E-state index contributed by atoms with van der Waals surface area (Å²) in [5.41, 5.74) is 5.45. The minimum atomic E-state index is -0.442. The molecule has 28 heavy (non-hydrogen) atoms.